The van der Waals surface area contributed by atoms with Crippen molar-refractivity contribution >= 4 is 11.6 Å². The van der Waals surface area contributed by atoms with Gasteiger partial charge < -0.3 is 4.74 Å². The highest BCUT2D eigenvalue weighted by atomic mass is 19.4. The Kier molecular flexibility index (Phi) is 7.75. The van der Waals surface area contributed by atoms with E-state index < -0.39 is 17.6 Å². The second-order valence-electron chi connectivity index (χ2n) is 6.61. The normalized spacial score (nSPS) is 15.8. The maximum Gasteiger partial charge on any atom is 0.429 e. The summed E-state index contributed by atoms with van der Waals surface area (Å²) in [6, 6.07) is 6.84. The molecular formula is C20H25F3O3. The second kappa shape index (κ2) is 9.12. The van der Waals surface area contributed by atoms with Gasteiger partial charge in [-0.3, -0.25) is 9.59 Å². The summed E-state index contributed by atoms with van der Waals surface area (Å²) >= 11 is 0. The first-order valence-corrected chi connectivity index (χ1v) is 8.49. The molecule has 0 spiro atoms. The average molecular weight is 370 g/mol. The molecular weight excluding hydrogens is 345 g/mol. The average Bonchev–Trinajstić information content (AvgIpc) is 2.58. The van der Waals surface area contributed by atoms with Gasteiger partial charge in [0, 0.05) is 25.0 Å². The zero-order chi connectivity index (χ0) is 20.0. The van der Waals surface area contributed by atoms with E-state index >= 15 is 0 Å². The number of benzene rings is 1. The van der Waals surface area contributed by atoms with Crippen molar-refractivity contribution in [3.63, 3.8) is 0 Å². The van der Waals surface area contributed by atoms with Crippen LogP contribution in [0.15, 0.2) is 42.5 Å². The van der Waals surface area contributed by atoms with Gasteiger partial charge >= 0.3 is 6.18 Å². The van der Waals surface area contributed by atoms with Crippen molar-refractivity contribution < 1.29 is 27.5 Å². The highest BCUT2D eigenvalue weighted by Crippen LogP contribution is 2.43. The number of Topliss-reactive ketones (excluding diaryl/α,β-unsaturated/α-hetero) is 1. The molecule has 0 bridgehead atoms. The summed E-state index contributed by atoms with van der Waals surface area (Å²) in [7, 11) is 0.872. The number of methoxy groups -OCH3 is 1. The van der Waals surface area contributed by atoms with Crippen molar-refractivity contribution in [2.24, 2.45) is 11.8 Å². The molecule has 1 aromatic rings. The van der Waals surface area contributed by atoms with Gasteiger partial charge in [0.15, 0.2) is 0 Å². The van der Waals surface area contributed by atoms with E-state index in [1.54, 1.807) is 26.8 Å². The van der Waals surface area contributed by atoms with Crippen molar-refractivity contribution in [2.45, 2.75) is 45.4 Å². The Morgan fingerprint density at radius 3 is 2.15 bits per heavy atom. The molecule has 0 unspecified atom stereocenters. The molecule has 0 radical (unpaired) electrons. The predicted octanol–water partition coefficient (Wildman–Crippen LogP) is 4.86. The number of hydrogen-bond acceptors (Lipinski definition) is 3. The first kappa shape index (κ1) is 22.1. The van der Waals surface area contributed by atoms with E-state index in [2.05, 4.69) is 0 Å². The Morgan fingerprint density at radius 1 is 1.12 bits per heavy atom. The zero-order valence-corrected chi connectivity index (χ0v) is 15.5. The molecule has 0 saturated carbocycles. The number of allylic oxidation sites excluding steroid dienone is 1. The topological polar surface area (TPSA) is 43.4 Å². The first-order valence-electron chi connectivity index (χ1n) is 8.49. The van der Waals surface area contributed by atoms with Crippen molar-refractivity contribution in [2.75, 3.05) is 7.11 Å². The Bertz CT molecular complexity index is 635. The Hall–Kier alpha value is -1.95. The largest absolute Gasteiger partial charge is 0.429 e. The molecule has 0 aliphatic rings. The van der Waals surface area contributed by atoms with Gasteiger partial charge in [0.1, 0.15) is 5.78 Å². The smallest absolute Gasteiger partial charge is 0.358 e. The Balaban J connectivity index is 3.02. The predicted molar refractivity (Wildman–Crippen MR) is 93.6 cm³/mol. The minimum atomic E-state index is -4.92. The van der Waals surface area contributed by atoms with Crippen molar-refractivity contribution in [1.82, 2.24) is 0 Å². The molecule has 0 aromatic heterocycles. The molecule has 1 aromatic carbocycles. The third-order valence-corrected chi connectivity index (χ3v) is 4.30. The van der Waals surface area contributed by atoms with Crippen LogP contribution in [0, 0.1) is 11.8 Å². The van der Waals surface area contributed by atoms with Gasteiger partial charge in [-0.2, -0.15) is 13.2 Å². The van der Waals surface area contributed by atoms with Crippen LogP contribution in [-0.2, 0) is 19.9 Å². The number of rotatable bonds is 9. The summed E-state index contributed by atoms with van der Waals surface area (Å²) in [5, 5.41) is 0. The minimum Gasteiger partial charge on any atom is -0.358 e. The summed E-state index contributed by atoms with van der Waals surface area (Å²) < 4.78 is 46.0. The maximum absolute atomic E-state index is 13.8. The van der Waals surface area contributed by atoms with Gasteiger partial charge in [0.2, 0.25) is 5.78 Å². The van der Waals surface area contributed by atoms with Crippen LogP contribution in [0.4, 0.5) is 13.2 Å². The molecule has 0 heterocycles. The summed E-state index contributed by atoms with van der Waals surface area (Å²) in [6.07, 6.45) is -1.81. The summed E-state index contributed by atoms with van der Waals surface area (Å²) in [5.74, 6) is -1.40. The van der Waals surface area contributed by atoms with Crippen molar-refractivity contribution in [1.29, 1.82) is 0 Å². The minimum absolute atomic E-state index is 0.0855. The van der Waals surface area contributed by atoms with Crippen molar-refractivity contribution in [3.05, 3.63) is 48.0 Å². The SMILES string of the molecule is CO[C@@](C(=O)/C=C/[C@@H](C)CCC(=O)C(C)C)(c1ccccc1)C(F)(F)F. The molecule has 0 aliphatic heterocycles. The van der Waals surface area contributed by atoms with Crippen LogP contribution in [0.3, 0.4) is 0 Å². The lowest BCUT2D eigenvalue weighted by molar-refractivity contribution is -0.262. The van der Waals surface area contributed by atoms with Gasteiger partial charge in [0.25, 0.3) is 5.60 Å². The van der Waals surface area contributed by atoms with Gasteiger partial charge in [-0.15, -0.1) is 0 Å². The first-order chi connectivity index (χ1) is 12.1. The number of halogens is 3. The summed E-state index contributed by atoms with van der Waals surface area (Å²) in [4.78, 5) is 24.1. The highest BCUT2D eigenvalue weighted by Gasteiger charge is 2.61. The van der Waals surface area contributed by atoms with Gasteiger partial charge in [-0.1, -0.05) is 57.2 Å². The maximum atomic E-state index is 13.8. The van der Waals surface area contributed by atoms with E-state index in [1.165, 1.54) is 30.3 Å². The third-order valence-electron chi connectivity index (χ3n) is 4.30. The Labute approximate surface area is 152 Å². The molecule has 26 heavy (non-hydrogen) atoms. The van der Waals surface area contributed by atoms with Crippen LogP contribution in [-0.4, -0.2) is 24.9 Å². The van der Waals surface area contributed by atoms with Crippen LogP contribution in [0.25, 0.3) is 0 Å². The van der Waals surface area contributed by atoms with E-state index in [4.69, 9.17) is 4.74 Å². The highest BCUT2D eigenvalue weighted by molar-refractivity contribution is 5.98. The number of ketones is 2. The van der Waals surface area contributed by atoms with Crippen LogP contribution in [0.2, 0.25) is 0 Å². The van der Waals surface area contributed by atoms with E-state index in [0.29, 0.717) is 12.8 Å². The van der Waals surface area contributed by atoms with Crippen LogP contribution >= 0.6 is 0 Å². The van der Waals surface area contributed by atoms with E-state index in [9.17, 15) is 22.8 Å². The molecule has 0 N–H and O–H groups in total. The standard InChI is InChI=1S/C20H25F3O3/c1-14(2)17(24)12-10-15(3)11-13-18(25)19(26-4,20(21,22)23)16-8-6-5-7-9-16/h5-9,11,13-15H,10,12H2,1-4H3/b13-11+/t15-,19+/m0/s1. The van der Waals surface area contributed by atoms with E-state index in [1.807, 2.05) is 0 Å². The quantitative estimate of drug-likeness (QED) is 0.583. The zero-order valence-electron chi connectivity index (χ0n) is 15.5. The molecule has 0 amide bonds. The number of hydrogen-bond donors (Lipinski definition) is 0. The van der Waals surface area contributed by atoms with E-state index in [-0.39, 0.29) is 23.2 Å². The number of alkyl halides is 3. The van der Waals surface area contributed by atoms with Crippen LogP contribution in [0.1, 0.15) is 39.2 Å². The molecule has 144 valence electrons. The van der Waals surface area contributed by atoms with Crippen LogP contribution in [0.5, 0.6) is 0 Å². The van der Waals surface area contributed by atoms with Gasteiger partial charge in [-0.25, -0.2) is 0 Å². The molecule has 2 atom stereocenters. The fraction of sp³-hybridized carbons (Fsp3) is 0.500. The summed E-state index contributed by atoms with van der Waals surface area (Å²) in [5.41, 5.74) is -3.31. The number of carbonyl (C=O) groups is 2. The lowest BCUT2D eigenvalue weighted by atomic mass is 9.87. The summed E-state index contributed by atoms with van der Waals surface area (Å²) in [6.45, 7) is 5.34. The van der Waals surface area contributed by atoms with Crippen LogP contribution < -0.4 is 0 Å². The molecule has 3 nitrogen and oxygen atoms in total. The second-order valence-corrected chi connectivity index (χ2v) is 6.61. The molecule has 6 heteroatoms. The monoisotopic (exact) mass is 370 g/mol. The molecule has 0 fully saturated rings. The number of ether oxygens (including phenoxy) is 1. The molecule has 1 rings (SSSR count). The van der Waals surface area contributed by atoms with Crippen molar-refractivity contribution in [3.8, 4) is 0 Å². The van der Waals surface area contributed by atoms with E-state index in [0.717, 1.165) is 13.2 Å². The lowest BCUT2D eigenvalue weighted by Gasteiger charge is -2.32. The molecule has 0 aliphatic carbocycles. The Morgan fingerprint density at radius 2 is 1.69 bits per heavy atom. The molecule has 0 saturated heterocycles. The third kappa shape index (κ3) is 5.04. The fourth-order valence-electron chi connectivity index (χ4n) is 2.58. The van der Waals surface area contributed by atoms with Gasteiger partial charge in [-0.05, 0) is 18.4 Å². The van der Waals surface area contributed by atoms with Gasteiger partial charge in [0.05, 0.1) is 0 Å². The fourth-order valence-corrected chi connectivity index (χ4v) is 2.58. The number of carbonyl (C=O) groups excluding carboxylic acids is 2. The lowest BCUT2D eigenvalue weighted by Crippen LogP contribution is -2.50.